The molecule has 2 aliphatic rings. The topological polar surface area (TPSA) is 88.8 Å². The number of hydrogen-bond donors (Lipinski definition) is 0. The van der Waals surface area contributed by atoms with Crippen LogP contribution in [0.1, 0.15) is 41.1 Å². The molecule has 2 fully saturated rings. The Kier molecular flexibility index (Phi) is 7.56. The van der Waals surface area contributed by atoms with E-state index >= 15 is 0 Å². The second-order valence-corrected chi connectivity index (χ2v) is 10.3. The first kappa shape index (κ1) is 24.6. The fraction of sp³-hybridized carbons (Fsp3) is 0.591. The summed E-state index contributed by atoms with van der Waals surface area (Å²) in [4.78, 5) is 21.1. The molecular formula is C22H27F3N4O4S. The molecule has 34 heavy (non-hydrogen) atoms. The van der Waals surface area contributed by atoms with Crippen LogP contribution in [0.2, 0.25) is 0 Å². The SMILES string of the molecule is COCCc1noc(C2CC(c3ccc(C(F)(F)F)cc3)CN(C(=O)N3CCS(=O)CC3)C2)n1. The lowest BCUT2D eigenvalue weighted by atomic mass is 9.84. The summed E-state index contributed by atoms with van der Waals surface area (Å²) >= 11 is 0. The molecule has 4 rings (SSSR count). The van der Waals surface area contributed by atoms with Crippen molar-refractivity contribution < 1.29 is 31.4 Å². The van der Waals surface area contributed by atoms with Gasteiger partial charge in [-0.15, -0.1) is 0 Å². The van der Waals surface area contributed by atoms with Crippen molar-refractivity contribution >= 4 is 16.8 Å². The molecule has 1 aromatic heterocycles. The van der Waals surface area contributed by atoms with Gasteiger partial charge in [-0.25, -0.2) is 4.79 Å². The monoisotopic (exact) mass is 500 g/mol. The molecule has 0 radical (unpaired) electrons. The van der Waals surface area contributed by atoms with Crippen LogP contribution in [-0.4, -0.2) is 81.6 Å². The van der Waals surface area contributed by atoms with Crippen LogP contribution in [0.4, 0.5) is 18.0 Å². The maximum absolute atomic E-state index is 13.3. The second-order valence-electron chi connectivity index (χ2n) is 8.56. The van der Waals surface area contributed by atoms with Gasteiger partial charge in [0.15, 0.2) is 5.82 Å². The number of nitrogens with zero attached hydrogens (tertiary/aromatic N) is 4. The number of halogens is 3. The molecule has 2 aliphatic heterocycles. The molecule has 0 bridgehead atoms. The molecule has 2 amide bonds. The maximum Gasteiger partial charge on any atom is 0.416 e. The van der Waals surface area contributed by atoms with Crippen LogP contribution >= 0.6 is 0 Å². The molecule has 12 heteroatoms. The molecular weight excluding hydrogens is 473 g/mol. The summed E-state index contributed by atoms with van der Waals surface area (Å²) in [5.74, 6) is 1.34. The van der Waals surface area contributed by atoms with Gasteiger partial charge in [0, 0.05) is 67.9 Å². The van der Waals surface area contributed by atoms with Gasteiger partial charge in [0.2, 0.25) is 5.89 Å². The number of carbonyl (C=O) groups excluding carboxylic acids is 1. The van der Waals surface area contributed by atoms with Crippen LogP contribution in [-0.2, 0) is 28.1 Å². The lowest BCUT2D eigenvalue weighted by Gasteiger charge is -2.40. The average molecular weight is 501 g/mol. The number of urea groups is 1. The fourth-order valence-corrected chi connectivity index (χ4v) is 5.43. The molecule has 2 atom stereocenters. The van der Waals surface area contributed by atoms with Crippen LogP contribution in [0.3, 0.4) is 0 Å². The third-order valence-electron chi connectivity index (χ3n) is 6.24. The van der Waals surface area contributed by atoms with Crippen molar-refractivity contribution in [3.05, 3.63) is 47.1 Å². The quantitative estimate of drug-likeness (QED) is 0.627. The Balaban J connectivity index is 1.56. The first-order chi connectivity index (χ1) is 16.2. The van der Waals surface area contributed by atoms with Crippen LogP contribution in [0.5, 0.6) is 0 Å². The molecule has 0 N–H and O–H groups in total. The first-order valence-corrected chi connectivity index (χ1v) is 12.6. The van der Waals surface area contributed by atoms with Crippen molar-refractivity contribution in [2.24, 2.45) is 0 Å². The highest BCUT2D eigenvalue weighted by molar-refractivity contribution is 7.85. The van der Waals surface area contributed by atoms with Gasteiger partial charge in [-0.1, -0.05) is 17.3 Å². The number of carbonyl (C=O) groups is 1. The van der Waals surface area contributed by atoms with E-state index in [1.54, 1.807) is 16.9 Å². The van der Waals surface area contributed by atoms with E-state index in [1.165, 1.54) is 12.1 Å². The normalized spacial score (nSPS) is 22.2. The highest BCUT2D eigenvalue weighted by Crippen LogP contribution is 2.37. The van der Waals surface area contributed by atoms with E-state index in [4.69, 9.17) is 9.26 Å². The smallest absolute Gasteiger partial charge is 0.384 e. The number of amides is 2. The molecule has 8 nitrogen and oxygen atoms in total. The minimum atomic E-state index is -4.41. The Morgan fingerprint density at radius 2 is 1.82 bits per heavy atom. The van der Waals surface area contributed by atoms with Gasteiger partial charge >= 0.3 is 12.2 Å². The summed E-state index contributed by atoms with van der Waals surface area (Å²) in [6.07, 6.45) is -3.36. The molecule has 0 aliphatic carbocycles. The predicted molar refractivity (Wildman–Crippen MR) is 118 cm³/mol. The lowest BCUT2D eigenvalue weighted by Crippen LogP contribution is -2.52. The van der Waals surface area contributed by atoms with E-state index in [-0.39, 0.29) is 17.9 Å². The second kappa shape index (κ2) is 10.4. The third kappa shape index (κ3) is 5.77. The highest BCUT2D eigenvalue weighted by atomic mass is 32.2. The van der Waals surface area contributed by atoms with Crippen molar-refractivity contribution in [2.75, 3.05) is 51.4 Å². The van der Waals surface area contributed by atoms with Crippen LogP contribution in [0.15, 0.2) is 28.8 Å². The van der Waals surface area contributed by atoms with Gasteiger partial charge in [-0.2, -0.15) is 18.2 Å². The molecule has 2 aromatic rings. The minimum Gasteiger partial charge on any atom is -0.384 e. The van der Waals surface area contributed by atoms with E-state index in [9.17, 15) is 22.2 Å². The zero-order chi connectivity index (χ0) is 24.3. The summed E-state index contributed by atoms with van der Waals surface area (Å²) in [7, 11) is 0.666. The molecule has 1 aromatic carbocycles. The lowest BCUT2D eigenvalue weighted by molar-refractivity contribution is -0.137. The molecule has 186 valence electrons. The van der Waals surface area contributed by atoms with Crippen LogP contribution in [0.25, 0.3) is 0 Å². The largest absolute Gasteiger partial charge is 0.416 e. The molecule has 2 unspecified atom stereocenters. The number of hydrogen-bond acceptors (Lipinski definition) is 6. The van der Waals surface area contributed by atoms with E-state index < -0.39 is 22.5 Å². The summed E-state index contributed by atoms with van der Waals surface area (Å²) in [6.45, 7) is 2.00. The number of benzene rings is 1. The van der Waals surface area contributed by atoms with Gasteiger partial charge in [-0.3, -0.25) is 4.21 Å². The number of aromatic nitrogens is 2. The van der Waals surface area contributed by atoms with Crippen molar-refractivity contribution in [3.8, 4) is 0 Å². The Labute approximate surface area is 197 Å². The van der Waals surface area contributed by atoms with Gasteiger partial charge in [0.25, 0.3) is 0 Å². The molecule has 0 saturated carbocycles. The average Bonchev–Trinajstić information content (AvgIpc) is 3.31. The summed E-state index contributed by atoms with van der Waals surface area (Å²) in [5.41, 5.74) is 0.00640. The van der Waals surface area contributed by atoms with Crippen molar-refractivity contribution in [3.63, 3.8) is 0 Å². The zero-order valence-electron chi connectivity index (χ0n) is 18.8. The molecule has 3 heterocycles. The number of alkyl halides is 3. The van der Waals surface area contributed by atoms with Crippen molar-refractivity contribution in [1.82, 2.24) is 19.9 Å². The van der Waals surface area contributed by atoms with E-state index in [0.29, 0.717) is 68.8 Å². The molecule has 2 saturated heterocycles. The maximum atomic E-state index is 13.3. The van der Waals surface area contributed by atoms with Gasteiger partial charge < -0.3 is 19.1 Å². The predicted octanol–water partition coefficient (Wildman–Crippen LogP) is 3.03. The minimum absolute atomic E-state index is 0.169. The number of methoxy groups -OCH3 is 1. The standard InChI is InChI=1S/C22H27F3N4O4S/c1-32-9-6-19-26-20(33-27-19)17-12-16(15-2-4-18(5-3-15)22(23,24)25)13-29(14-17)21(30)28-7-10-34(31)11-8-28/h2-5,16-17H,6-14H2,1H3. The number of likely N-dealkylation sites (tertiary alicyclic amines) is 1. The molecule has 0 spiro atoms. The fourth-order valence-electron chi connectivity index (χ4n) is 4.38. The Morgan fingerprint density at radius 1 is 1.15 bits per heavy atom. The van der Waals surface area contributed by atoms with E-state index in [1.807, 2.05) is 0 Å². The summed E-state index contributed by atoms with van der Waals surface area (Å²) in [5, 5.41) is 3.99. The third-order valence-corrected chi connectivity index (χ3v) is 7.52. The first-order valence-electron chi connectivity index (χ1n) is 11.1. The van der Waals surface area contributed by atoms with E-state index in [0.717, 1.165) is 17.7 Å². The highest BCUT2D eigenvalue weighted by Gasteiger charge is 2.37. The number of rotatable bonds is 5. The summed E-state index contributed by atoms with van der Waals surface area (Å²) < 4.78 is 61.3. The number of piperidine rings is 1. The van der Waals surface area contributed by atoms with Crippen LogP contribution < -0.4 is 0 Å². The van der Waals surface area contributed by atoms with Crippen molar-refractivity contribution in [1.29, 1.82) is 0 Å². The van der Waals surface area contributed by atoms with Crippen molar-refractivity contribution in [2.45, 2.75) is 30.9 Å². The zero-order valence-corrected chi connectivity index (χ0v) is 19.6. The van der Waals surface area contributed by atoms with Crippen LogP contribution in [0, 0.1) is 0 Å². The van der Waals surface area contributed by atoms with Gasteiger partial charge in [-0.05, 0) is 24.1 Å². The van der Waals surface area contributed by atoms with Gasteiger partial charge in [0.1, 0.15) is 0 Å². The Morgan fingerprint density at radius 3 is 2.47 bits per heavy atom. The Hall–Kier alpha value is -2.47. The van der Waals surface area contributed by atoms with Gasteiger partial charge in [0.05, 0.1) is 18.1 Å². The summed E-state index contributed by atoms with van der Waals surface area (Å²) in [6, 6.07) is 4.92. The van der Waals surface area contributed by atoms with E-state index in [2.05, 4.69) is 10.1 Å². The Bertz CT molecular complexity index is 1000. The number of ether oxygens (including phenoxy) is 1.